The summed E-state index contributed by atoms with van der Waals surface area (Å²) in [5.41, 5.74) is 0.200. The van der Waals surface area contributed by atoms with Crippen LogP contribution < -0.4 is 0 Å². The molecule has 70 valence electrons. The van der Waals surface area contributed by atoms with Gasteiger partial charge in [0.25, 0.3) is 0 Å². The van der Waals surface area contributed by atoms with Gasteiger partial charge in [-0.2, -0.15) is 0 Å². The van der Waals surface area contributed by atoms with E-state index in [4.69, 9.17) is 0 Å². The van der Waals surface area contributed by atoms with Gasteiger partial charge in [0.15, 0.2) is 0 Å². The van der Waals surface area contributed by atoms with E-state index in [1.54, 1.807) is 7.05 Å². The summed E-state index contributed by atoms with van der Waals surface area (Å²) in [5, 5.41) is 9.96. The van der Waals surface area contributed by atoms with Crippen LogP contribution in [-0.2, 0) is 0 Å². The van der Waals surface area contributed by atoms with Crippen molar-refractivity contribution in [2.24, 2.45) is 4.99 Å². The van der Waals surface area contributed by atoms with Crippen molar-refractivity contribution in [2.75, 3.05) is 7.05 Å². The smallest absolute Gasteiger partial charge is 0.102 e. The molecule has 0 radical (unpaired) electrons. The van der Waals surface area contributed by atoms with Crippen molar-refractivity contribution in [1.82, 2.24) is 0 Å². The summed E-state index contributed by atoms with van der Waals surface area (Å²) < 4.78 is 0. The Kier molecular flexibility index (Phi) is 9.56. The number of nitrogens with zero attached hydrogens (tertiary/aromatic N) is 1. The maximum absolute atomic E-state index is 9.96. The van der Waals surface area contributed by atoms with Crippen molar-refractivity contribution in [3.05, 3.63) is 0 Å². The summed E-state index contributed by atoms with van der Waals surface area (Å²) >= 11 is 0. The molecule has 0 aromatic carbocycles. The van der Waals surface area contributed by atoms with Crippen LogP contribution >= 0.6 is 0 Å². The van der Waals surface area contributed by atoms with E-state index < -0.39 is 5.60 Å². The zero-order valence-corrected chi connectivity index (χ0v) is 11.7. The summed E-state index contributed by atoms with van der Waals surface area (Å²) in [7, 11) is 1.73. The Morgan fingerprint density at radius 2 is 1.92 bits per heavy atom. The van der Waals surface area contributed by atoms with Gasteiger partial charge in [-0.05, 0) is 19.8 Å². The van der Waals surface area contributed by atoms with E-state index in [0.29, 0.717) is 0 Å². The number of hydrogen-bond acceptors (Lipinski definition) is 2. The summed E-state index contributed by atoms with van der Waals surface area (Å²) in [6.45, 7) is 5.95. The van der Waals surface area contributed by atoms with Gasteiger partial charge in [-0.1, -0.05) is 20.3 Å². The van der Waals surface area contributed by atoms with Gasteiger partial charge in [0.05, 0.1) is 0 Å². The normalized spacial score (nSPS) is 16.6. The van der Waals surface area contributed by atoms with E-state index in [1.165, 1.54) is 0 Å². The molecule has 0 aliphatic carbocycles. The van der Waals surface area contributed by atoms with Gasteiger partial charge in [-0.3, -0.25) is 4.99 Å². The number of hydrogen-bond donors (Lipinski definition) is 1. The average Bonchev–Trinajstić information content (AvgIpc) is 2.03. The topological polar surface area (TPSA) is 32.6 Å². The molecule has 0 aliphatic rings. The van der Waals surface area contributed by atoms with Crippen LogP contribution in [0, 0.1) is 41.7 Å². The second-order valence-electron chi connectivity index (χ2n) is 2.94. The van der Waals surface area contributed by atoms with Crippen LogP contribution in [0.5, 0.6) is 0 Å². The number of aliphatic hydroxyl groups is 1. The first-order chi connectivity index (χ1) is 5.10. The minimum absolute atomic E-state index is 0. The Balaban J connectivity index is 0. The van der Waals surface area contributed by atoms with Crippen LogP contribution in [0.15, 0.2) is 4.99 Å². The molecule has 0 heterocycles. The van der Waals surface area contributed by atoms with E-state index in [-0.39, 0.29) is 41.7 Å². The largest absolute Gasteiger partial charge is 0.384 e. The molecule has 0 rings (SSSR count). The SMILES string of the molecule is CCCC(O)(CC)C(C)=NC.[Ce]. The quantitative estimate of drug-likeness (QED) is 0.791. The van der Waals surface area contributed by atoms with Gasteiger partial charge in [-0.15, -0.1) is 0 Å². The van der Waals surface area contributed by atoms with Gasteiger partial charge in [0, 0.05) is 54.5 Å². The monoisotopic (exact) mass is 297 g/mol. The molecule has 1 atom stereocenters. The predicted molar refractivity (Wildman–Crippen MR) is 49.2 cm³/mol. The Morgan fingerprint density at radius 3 is 2.17 bits per heavy atom. The van der Waals surface area contributed by atoms with Crippen LogP contribution in [0.4, 0.5) is 0 Å². The molecule has 0 aromatic rings. The van der Waals surface area contributed by atoms with Crippen LogP contribution in [0.3, 0.4) is 0 Å². The Bertz CT molecular complexity index is 147. The molecule has 1 unspecified atom stereocenters. The van der Waals surface area contributed by atoms with Gasteiger partial charge in [-0.25, -0.2) is 0 Å². The van der Waals surface area contributed by atoms with Crippen LogP contribution in [0.2, 0.25) is 0 Å². The van der Waals surface area contributed by atoms with Crippen molar-refractivity contribution in [2.45, 2.75) is 45.6 Å². The van der Waals surface area contributed by atoms with Crippen LogP contribution in [0.25, 0.3) is 0 Å². The van der Waals surface area contributed by atoms with E-state index >= 15 is 0 Å². The fourth-order valence-corrected chi connectivity index (χ4v) is 1.24. The average molecular weight is 297 g/mol. The maximum Gasteiger partial charge on any atom is 0.102 e. The van der Waals surface area contributed by atoms with Gasteiger partial charge >= 0.3 is 0 Å². The Labute approximate surface area is 109 Å². The second kappa shape index (κ2) is 7.41. The van der Waals surface area contributed by atoms with E-state index in [2.05, 4.69) is 11.9 Å². The molecule has 1 N–H and O–H groups in total. The summed E-state index contributed by atoms with van der Waals surface area (Å²) in [6.07, 6.45) is 2.56. The second-order valence-corrected chi connectivity index (χ2v) is 2.94. The Hall–Kier alpha value is 1.01. The zero-order valence-electron chi connectivity index (χ0n) is 8.52. The maximum atomic E-state index is 9.96. The molecule has 0 fully saturated rings. The summed E-state index contributed by atoms with van der Waals surface area (Å²) in [5.74, 6) is 0. The van der Waals surface area contributed by atoms with Crippen molar-refractivity contribution in [3.8, 4) is 0 Å². The minimum atomic E-state index is -0.649. The van der Waals surface area contributed by atoms with E-state index in [9.17, 15) is 5.11 Å². The summed E-state index contributed by atoms with van der Waals surface area (Å²) in [4.78, 5) is 4.02. The summed E-state index contributed by atoms with van der Waals surface area (Å²) in [6, 6.07) is 0. The molecule has 12 heavy (non-hydrogen) atoms. The van der Waals surface area contributed by atoms with E-state index in [0.717, 1.165) is 25.0 Å². The number of aliphatic imine (C=N–C) groups is 1. The molecule has 0 aromatic heterocycles. The molecule has 3 heteroatoms. The first-order valence-corrected chi connectivity index (χ1v) is 4.27. The third kappa shape index (κ3) is 4.30. The fraction of sp³-hybridized carbons (Fsp3) is 0.889. The molecule has 0 aliphatic heterocycles. The van der Waals surface area contributed by atoms with Crippen molar-refractivity contribution in [1.29, 1.82) is 0 Å². The van der Waals surface area contributed by atoms with Crippen LogP contribution in [-0.4, -0.2) is 23.5 Å². The van der Waals surface area contributed by atoms with Gasteiger partial charge in [0.1, 0.15) is 5.60 Å². The molecule has 0 amide bonds. The first kappa shape index (κ1) is 15.5. The molecular weight excluding hydrogens is 278 g/mol. The van der Waals surface area contributed by atoms with Gasteiger partial charge in [0.2, 0.25) is 0 Å². The fourth-order valence-electron chi connectivity index (χ4n) is 1.24. The molecule has 0 saturated heterocycles. The Morgan fingerprint density at radius 1 is 1.42 bits per heavy atom. The molecule has 0 bridgehead atoms. The zero-order chi connectivity index (χ0) is 8.91. The standard InChI is InChI=1S/C9H19NO.Ce/c1-5-7-9(11,6-2)8(3)10-4;/h11H,5-7H2,1-4H3;. The van der Waals surface area contributed by atoms with Crippen molar-refractivity contribution >= 4 is 5.71 Å². The van der Waals surface area contributed by atoms with Crippen molar-refractivity contribution in [3.63, 3.8) is 0 Å². The molecular formula is C9H19CeNO. The first-order valence-electron chi connectivity index (χ1n) is 4.27. The van der Waals surface area contributed by atoms with Crippen LogP contribution in [0.1, 0.15) is 40.0 Å². The molecule has 2 nitrogen and oxygen atoms in total. The van der Waals surface area contributed by atoms with Gasteiger partial charge < -0.3 is 5.11 Å². The minimum Gasteiger partial charge on any atom is -0.384 e. The molecule has 0 saturated carbocycles. The van der Waals surface area contributed by atoms with E-state index in [1.807, 2.05) is 13.8 Å². The third-order valence-electron chi connectivity index (χ3n) is 2.26. The molecule has 0 spiro atoms. The third-order valence-corrected chi connectivity index (χ3v) is 2.26. The predicted octanol–water partition coefficient (Wildman–Crippen LogP) is 2.02. The number of rotatable bonds is 4. The van der Waals surface area contributed by atoms with Crippen molar-refractivity contribution < 1.29 is 46.9 Å².